The molecular formula is C22H23ClFN3O4. The molecular weight excluding hydrogens is 425 g/mol. The number of ketones is 1. The minimum Gasteiger partial charge on any atom is -0.334 e. The second kappa shape index (κ2) is 9.53. The number of likely N-dealkylation sites (tertiary alicyclic amines) is 1. The third-order valence-electron chi connectivity index (χ3n) is 5.93. The highest BCUT2D eigenvalue weighted by Crippen LogP contribution is 2.32. The van der Waals surface area contributed by atoms with Crippen molar-refractivity contribution < 1.29 is 18.9 Å². The van der Waals surface area contributed by atoms with Gasteiger partial charge in [0.15, 0.2) is 5.78 Å². The number of benzene rings is 2. The Bertz CT molecular complexity index is 991. The molecule has 0 radical (unpaired) electrons. The fourth-order valence-corrected chi connectivity index (χ4v) is 4.26. The number of nitro groups is 1. The summed E-state index contributed by atoms with van der Waals surface area (Å²) in [7, 11) is 0. The Morgan fingerprint density at radius 1 is 1.13 bits per heavy atom. The lowest BCUT2D eigenvalue weighted by Gasteiger charge is -2.33. The number of carbonyl (C=O) groups excluding carboxylic acids is 2. The van der Waals surface area contributed by atoms with E-state index in [4.69, 9.17) is 0 Å². The number of nitrogens with zero attached hydrogens (tertiary/aromatic N) is 3. The van der Waals surface area contributed by atoms with E-state index in [1.807, 2.05) is 0 Å². The molecule has 0 unspecified atom stereocenters. The van der Waals surface area contributed by atoms with Crippen LogP contribution in [0.2, 0.25) is 0 Å². The summed E-state index contributed by atoms with van der Waals surface area (Å²) in [4.78, 5) is 39.6. The molecule has 2 heterocycles. The van der Waals surface area contributed by atoms with Gasteiger partial charge < -0.3 is 4.90 Å². The SMILES string of the molecule is Cl.O=C(CN1CCC(CN2Cc3c(cccc3[N+](=O)[O-])C2=O)CC1)c1ccc(F)cc1. The van der Waals surface area contributed by atoms with Crippen molar-refractivity contribution in [1.82, 2.24) is 9.80 Å². The van der Waals surface area contributed by atoms with Crippen molar-refractivity contribution in [3.05, 3.63) is 75.1 Å². The predicted molar refractivity (Wildman–Crippen MR) is 115 cm³/mol. The zero-order chi connectivity index (χ0) is 21.3. The third-order valence-corrected chi connectivity index (χ3v) is 5.93. The predicted octanol–water partition coefficient (Wildman–Crippen LogP) is 3.71. The van der Waals surface area contributed by atoms with E-state index in [1.165, 1.54) is 30.3 Å². The van der Waals surface area contributed by atoms with Gasteiger partial charge in [-0.05, 0) is 62.2 Å². The minimum atomic E-state index is -0.438. The van der Waals surface area contributed by atoms with Crippen molar-refractivity contribution >= 4 is 29.8 Å². The highest BCUT2D eigenvalue weighted by atomic mass is 35.5. The Morgan fingerprint density at radius 2 is 1.81 bits per heavy atom. The van der Waals surface area contributed by atoms with Crippen molar-refractivity contribution in [2.45, 2.75) is 19.4 Å². The monoisotopic (exact) mass is 447 g/mol. The number of Topliss-reactive ketones (excluding diaryl/α,β-unsaturated/α-hetero) is 1. The number of hydrogen-bond donors (Lipinski definition) is 0. The summed E-state index contributed by atoms with van der Waals surface area (Å²) in [6.45, 7) is 2.61. The maximum absolute atomic E-state index is 13.0. The number of rotatable bonds is 6. The minimum absolute atomic E-state index is 0. The van der Waals surface area contributed by atoms with Gasteiger partial charge in [-0.3, -0.25) is 24.6 Å². The van der Waals surface area contributed by atoms with Crippen LogP contribution in [0.3, 0.4) is 0 Å². The van der Waals surface area contributed by atoms with Crippen molar-refractivity contribution in [1.29, 1.82) is 0 Å². The maximum atomic E-state index is 13.0. The maximum Gasteiger partial charge on any atom is 0.275 e. The van der Waals surface area contributed by atoms with E-state index in [0.717, 1.165) is 25.9 Å². The van der Waals surface area contributed by atoms with E-state index in [2.05, 4.69) is 4.90 Å². The molecule has 0 bridgehead atoms. The molecule has 31 heavy (non-hydrogen) atoms. The second-order valence-electron chi connectivity index (χ2n) is 7.90. The van der Waals surface area contributed by atoms with E-state index >= 15 is 0 Å². The Balaban J connectivity index is 0.00000272. The van der Waals surface area contributed by atoms with Crippen LogP contribution in [0.5, 0.6) is 0 Å². The van der Waals surface area contributed by atoms with E-state index in [9.17, 15) is 24.1 Å². The molecule has 0 saturated carbocycles. The summed E-state index contributed by atoms with van der Waals surface area (Å²) in [5, 5.41) is 11.2. The van der Waals surface area contributed by atoms with Gasteiger partial charge in [0.25, 0.3) is 11.6 Å². The Morgan fingerprint density at radius 3 is 2.45 bits per heavy atom. The first-order valence-electron chi connectivity index (χ1n) is 9.99. The van der Waals surface area contributed by atoms with Crippen LogP contribution < -0.4 is 0 Å². The number of nitro benzene ring substituents is 1. The van der Waals surface area contributed by atoms with Crippen molar-refractivity contribution in [3.8, 4) is 0 Å². The lowest BCUT2D eigenvalue weighted by molar-refractivity contribution is -0.385. The van der Waals surface area contributed by atoms with Gasteiger partial charge in [0.1, 0.15) is 5.82 Å². The van der Waals surface area contributed by atoms with Crippen molar-refractivity contribution in [3.63, 3.8) is 0 Å². The molecule has 4 rings (SSSR count). The van der Waals surface area contributed by atoms with Gasteiger partial charge in [-0.2, -0.15) is 0 Å². The number of fused-ring (bicyclic) bond motifs is 1. The molecule has 0 atom stereocenters. The molecule has 2 aromatic rings. The zero-order valence-electron chi connectivity index (χ0n) is 16.8. The van der Waals surface area contributed by atoms with Gasteiger partial charge in [0.05, 0.1) is 29.1 Å². The number of hydrogen-bond acceptors (Lipinski definition) is 5. The van der Waals surface area contributed by atoms with Crippen LogP contribution in [0.4, 0.5) is 10.1 Å². The number of piperidine rings is 1. The lowest BCUT2D eigenvalue weighted by Crippen LogP contribution is -2.41. The molecule has 2 aliphatic rings. The Hall–Kier alpha value is -2.84. The smallest absolute Gasteiger partial charge is 0.275 e. The van der Waals surface area contributed by atoms with Crippen LogP contribution in [0.25, 0.3) is 0 Å². The summed E-state index contributed by atoms with van der Waals surface area (Å²) in [6, 6.07) is 10.2. The van der Waals surface area contributed by atoms with Crippen molar-refractivity contribution in [2.75, 3.05) is 26.2 Å². The summed E-state index contributed by atoms with van der Waals surface area (Å²) in [6.07, 6.45) is 1.69. The fraction of sp³-hybridized carbons (Fsp3) is 0.364. The molecule has 0 spiro atoms. The van der Waals surface area contributed by atoms with E-state index < -0.39 is 4.92 Å². The highest BCUT2D eigenvalue weighted by Gasteiger charge is 2.34. The molecule has 9 heteroatoms. The number of halogens is 2. The molecule has 7 nitrogen and oxygen atoms in total. The van der Waals surface area contributed by atoms with E-state index in [-0.39, 0.29) is 42.1 Å². The normalized spacial score (nSPS) is 16.7. The summed E-state index contributed by atoms with van der Waals surface area (Å²) in [5.74, 6) is -0.260. The largest absolute Gasteiger partial charge is 0.334 e. The van der Waals surface area contributed by atoms with Gasteiger partial charge in [-0.1, -0.05) is 6.07 Å². The number of carbonyl (C=O) groups is 2. The average Bonchev–Trinajstić information content (AvgIpc) is 3.05. The zero-order valence-corrected chi connectivity index (χ0v) is 17.6. The van der Waals surface area contributed by atoms with Crippen LogP contribution in [0.1, 0.15) is 39.1 Å². The molecule has 0 aliphatic carbocycles. The fourth-order valence-electron chi connectivity index (χ4n) is 4.26. The Labute approximate surface area is 185 Å². The Kier molecular flexibility index (Phi) is 7.02. The average molecular weight is 448 g/mol. The summed E-state index contributed by atoms with van der Waals surface area (Å²) >= 11 is 0. The third kappa shape index (κ3) is 4.91. The second-order valence-corrected chi connectivity index (χ2v) is 7.90. The molecule has 0 N–H and O–H groups in total. The molecule has 164 valence electrons. The van der Waals surface area contributed by atoms with Crippen LogP contribution >= 0.6 is 12.4 Å². The summed E-state index contributed by atoms with van der Waals surface area (Å²) in [5.41, 5.74) is 1.42. The van der Waals surface area contributed by atoms with Gasteiger partial charge in [-0.25, -0.2) is 4.39 Å². The van der Waals surface area contributed by atoms with Crippen LogP contribution in [0, 0.1) is 21.8 Å². The van der Waals surface area contributed by atoms with Gasteiger partial charge in [-0.15, -0.1) is 12.4 Å². The highest BCUT2D eigenvalue weighted by molar-refractivity contribution is 5.99. The first kappa shape index (κ1) is 22.8. The van der Waals surface area contributed by atoms with Crippen molar-refractivity contribution in [2.24, 2.45) is 5.92 Å². The van der Waals surface area contributed by atoms with Crippen LogP contribution in [-0.4, -0.2) is 52.6 Å². The summed E-state index contributed by atoms with van der Waals surface area (Å²) < 4.78 is 13.0. The van der Waals surface area contributed by atoms with Gasteiger partial charge in [0, 0.05) is 18.2 Å². The number of amides is 1. The molecule has 1 amide bonds. The standard InChI is InChI=1S/C22H22FN3O4.ClH/c23-17-6-4-16(5-7-17)21(27)14-24-10-8-15(9-11-24)12-25-13-19-18(22(25)28)2-1-3-20(19)26(29)30;/h1-7,15H,8-14H2;1H. The topological polar surface area (TPSA) is 83.8 Å². The molecule has 2 aliphatic heterocycles. The quantitative estimate of drug-likeness (QED) is 0.383. The molecule has 0 aromatic heterocycles. The van der Waals surface area contributed by atoms with E-state index in [0.29, 0.717) is 35.7 Å². The van der Waals surface area contributed by atoms with E-state index in [1.54, 1.807) is 17.0 Å². The van der Waals surface area contributed by atoms with Crippen LogP contribution in [-0.2, 0) is 6.54 Å². The van der Waals surface area contributed by atoms with Gasteiger partial charge in [0.2, 0.25) is 0 Å². The van der Waals surface area contributed by atoms with Crippen LogP contribution in [0.15, 0.2) is 42.5 Å². The molecule has 1 saturated heterocycles. The molecule has 1 fully saturated rings. The lowest BCUT2D eigenvalue weighted by atomic mass is 9.95. The molecule has 2 aromatic carbocycles. The first-order chi connectivity index (χ1) is 14.4. The first-order valence-corrected chi connectivity index (χ1v) is 9.99. The van der Waals surface area contributed by atoms with Gasteiger partial charge >= 0.3 is 0 Å².